The number of benzene rings is 1. The van der Waals surface area contributed by atoms with E-state index in [9.17, 15) is 18.0 Å². The van der Waals surface area contributed by atoms with Gasteiger partial charge in [-0.1, -0.05) is 18.2 Å². The molecule has 0 aliphatic carbocycles. The smallest absolute Gasteiger partial charge is 0.435 e. The first-order chi connectivity index (χ1) is 10.8. The van der Waals surface area contributed by atoms with Crippen LogP contribution < -0.4 is 10.1 Å². The number of para-hydroxylation sites is 1. The molecule has 0 radical (unpaired) electrons. The molecule has 1 atom stereocenters. The average Bonchev–Trinajstić information content (AvgIpc) is 3.07. The highest BCUT2D eigenvalue weighted by Crippen LogP contribution is 2.29. The van der Waals surface area contributed by atoms with E-state index in [2.05, 4.69) is 10.4 Å². The first-order valence-electron chi connectivity index (χ1n) is 6.98. The summed E-state index contributed by atoms with van der Waals surface area (Å²) >= 11 is 0. The Hall–Kier alpha value is -2.51. The number of rotatable bonds is 3. The molecule has 8 heteroatoms. The first-order valence-corrected chi connectivity index (χ1v) is 6.98. The molecule has 1 aliphatic rings. The molecule has 2 heterocycles. The number of amides is 1. The molecule has 122 valence electrons. The number of carbonyl (C=O) groups excluding carboxylic acids is 1. The van der Waals surface area contributed by atoms with Gasteiger partial charge in [-0.05, 0) is 11.6 Å². The van der Waals surface area contributed by atoms with Crippen molar-refractivity contribution in [3.05, 3.63) is 47.3 Å². The van der Waals surface area contributed by atoms with Crippen LogP contribution in [-0.4, -0.2) is 28.3 Å². The van der Waals surface area contributed by atoms with Crippen LogP contribution >= 0.6 is 0 Å². The molecular weight excluding hydrogens is 311 g/mol. The molecule has 3 rings (SSSR count). The minimum Gasteiger partial charge on any atom is -0.488 e. The molecule has 1 aliphatic heterocycles. The highest BCUT2D eigenvalue weighted by Gasteiger charge is 2.35. The molecule has 0 saturated heterocycles. The molecule has 1 aromatic carbocycles. The van der Waals surface area contributed by atoms with Gasteiger partial charge in [0, 0.05) is 19.5 Å². The molecule has 5 nitrogen and oxygen atoms in total. The summed E-state index contributed by atoms with van der Waals surface area (Å²) < 4.78 is 44.4. The Balaban J connectivity index is 1.62. The Kier molecular flexibility index (Phi) is 3.75. The highest BCUT2D eigenvalue weighted by atomic mass is 19.4. The standard InChI is InChI=1S/C15H14F3N3O2/c1-21-11(7-13(20-21)15(16,17)18)14(22)19-8-10-6-9-4-2-3-5-12(9)23-10/h2-5,7,10H,6,8H2,1H3,(H,19,22). The van der Waals surface area contributed by atoms with Crippen LogP contribution in [0.2, 0.25) is 0 Å². The summed E-state index contributed by atoms with van der Waals surface area (Å²) in [7, 11) is 1.30. The van der Waals surface area contributed by atoms with Crippen LogP contribution in [-0.2, 0) is 19.6 Å². The number of nitrogens with zero attached hydrogens (tertiary/aromatic N) is 2. The lowest BCUT2D eigenvalue weighted by molar-refractivity contribution is -0.141. The van der Waals surface area contributed by atoms with Crippen molar-refractivity contribution >= 4 is 5.91 Å². The maximum atomic E-state index is 12.6. The fourth-order valence-corrected chi connectivity index (χ4v) is 2.48. The molecule has 2 aromatic rings. The number of halogens is 3. The summed E-state index contributed by atoms with van der Waals surface area (Å²) in [4.78, 5) is 12.0. The molecule has 1 N–H and O–H groups in total. The number of alkyl halides is 3. The predicted molar refractivity (Wildman–Crippen MR) is 75.1 cm³/mol. The van der Waals surface area contributed by atoms with Crippen molar-refractivity contribution in [1.82, 2.24) is 15.1 Å². The Labute approximate surface area is 130 Å². The second kappa shape index (κ2) is 5.60. The molecule has 0 saturated carbocycles. The monoisotopic (exact) mass is 325 g/mol. The average molecular weight is 325 g/mol. The molecule has 23 heavy (non-hydrogen) atoms. The fourth-order valence-electron chi connectivity index (χ4n) is 2.48. The molecule has 1 amide bonds. The van der Waals surface area contributed by atoms with E-state index in [0.29, 0.717) is 6.42 Å². The lowest BCUT2D eigenvalue weighted by Crippen LogP contribution is -2.35. The summed E-state index contributed by atoms with van der Waals surface area (Å²) in [6.07, 6.45) is -4.16. The zero-order chi connectivity index (χ0) is 16.6. The van der Waals surface area contributed by atoms with E-state index in [-0.39, 0.29) is 18.3 Å². The molecule has 0 fully saturated rings. The quantitative estimate of drug-likeness (QED) is 0.941. The largest absolute Gasteiger partial charge is 0.488 e. The van der Waals surface area contributed by atoms with Crippen LogP contribution in [0.15, 0.2) is 30.3 Å². The van der Waals surface area contributed by atoms with Gasteiger partial charge in [0.25, 0.3) is 5.91 Å². The normalized spacial score (nSPS) is 16.8. The SMILES string of the molecule is Cn1nc(C(F)(F)F)cc1C(=O)NCC1Cc2ccccc2O1. The van der Waals surface area contributed by atoms with E-state index in [1.165, 1.54) is 7.05 Å². The molecule has 0 spiro atoms. The minimum atomic E-state index is -4.58. The number of ether oxygens (including phenoxy) is 1. The fraction of sp³-hybridized carbons (Fsp3) is 0.333. The van der Waals surface area contributed by atoms with Crippen LogP contribution in [0.4, 0.5) is 13.2 Å². The number of hydrogen-bond donors (Lipinski definition) is 1. The van der Waals surface area contributed by atoms with Gasteiger partial charge < -0.3 is 10.1 Å². The second-order valence-electron chi connectivity index (χ2n) is 5.30. The van der Waals surface area contributed by atoms with Crippen molar-refractivity contribution in [3.8, 4) is 5.75 Å². The Morgan fingerprint density at radius 3 is 2.83 bits per heavy atom. The van der Waals surface area contributed by atoms with E-state index in [4.69, 9.17) is 4.74 Å². The van der Waals surface area contributed by atoms with Crippen LogP contribution in [0, 0.1) is 0 Å². The number of carbonyl (C=O) groups is 1. The van der Waals surface area contributed by atoms with Crippen LogP contribution in [0.1, 0.15) is 21.7 Å². The summed E-state index contributed by atoms with van der Waals surface area (Å²) in [6, 6.07) is 8.27. The number of hydrogen-bond acceptors (Lipinski definition) is 3. The van der Waals surface area contributed by atoms with Gasteiger partial charge in [-0.15, -0.1) is 0 Å². The molecule has 1 aromatic heterocycles. The number of nitrogens with one attached hydrogen (secondary N) is 1. The van der Waals surface area contributed by atoms with Crippen molar-refractivity contribution in [1.29, 1.82) is 0 Å². The van der Waals surface area contributed by atoms with Crippen LogP contribution in [0.25, 0.3) is 0 Å². The van der Waals surface area contributed by atoms with E-state index >= 15 is 0 Å². The number of aromatic nitrogens is 2. The van der Waals surface area contributed by atoms with E-state index in [0.717, 1.165) is 22.1 Å². The maximum Gasteiger partial charge on any atom is 0.435 e. The summed E-state index contributed by atoms with van der Waals surface area (Å²) in [5.41, 5.74) is -0.186. The first kappa shape index (κ1) is 15.4. The van der Waals surface area contributed by atoms with Gasteiger partial charge in [-0.3, -0.25) is 9.48 Å². The van der Waals surface area contributed by atoms with Gasteiger partial charge in [0.1, 0.15) is 17.5 Å². The lowest BCUT2D eigenvalue weighted by atomic mass is 10.1. The zero-order valence-corrected chi connectivity index (χ0v) is 12.2. The van der Waals surface area contributed by atoms with E-state index in [1.807, 2.05) is 24.3 Å². The van der Waals surface area contributed by atoms with Crippen molar-refractivity contribution in [2.24, 2.45) is 7.05 Å². The molecule has 1 unspecified atom stereocenters. The van der Waals surface area contributed by atoms with Crippen molar-refractivity contribution in [3.63, 3.8) is 0 Å². The highest BCUT2D eigenvalue weighted by molar-refractivity contribution is 5.92. The van der Waals surface area contributed by atoms with E-state index in [1.54, 1.807) is 0 Å². The Morgan fingerprint density at radius 2 is 2.17 bits per heavy atom. The van der Waals surface area contributed by atoms with Gasteiger partial charge in [0.05, 0.1) is 6.54 Å². The zero-order valence-electron chi connectivity index (χ0n) is 12.2. The second-order valence-corrected chi connectivity index (χ2v) is 5.30. The predicted octanol–water partition coefficient (Wildman–Crippen LogP) is 2.17. The number of fused-ring (bicyclic) bond motifs is 1. The maximum absolute atomic E-state index is 12.6. The minimum absolute atomic E-state index is 0.146. The Bertz CT molecular complexity index is 715. The van der Waals surface area contributed by atoms with Crippen LogP contribution in [0.5, 0.6) is 5.75 Å². The summed E-state index contributed by atoms with van der Waals surface area (Å²) in [6.45, 7) is 0.208. The van der Waals surface area contributed by atoms with Crippen LogP contribution in [0.3, 0.4) is 0 Å². The van der Waals surface area contributed by atoms with Gasteiger partial charge >= 0.3 is 6.18 Å². The van der Waals surface area contributed by atoms with Gasteiger partial charge in [-0.25, -0.2) is 0 Å². The van der Waals surface area contributed by atoms with Gasteiger partial charge in [-0.2, -0.15) is 18.3 Å². The Morgan fingerprint density at radius 1 is 1.43 bits per heavy atom. The van der Waals surface area contributed by atoms with Crippen molar-refractivity contribution in [2.75, 3.05) is 6.54 Å². The van der Waals surface area contributed by atoms with Gasteiger partial charge in [0.2, 0.25) is 0 Å². The summed E-state index contributed by atoms with van der Waals surface area (Å²) in [5, 5.41) is 5.90. The van der Waals surface area contributed by atoms with E-state index < -0.39 is 17.8 Å². The number of aryl methyl sites for hydroxylation is 1. The third-order valence-electron chi connectivity index (χ3n) is 3.61. The topological polar surface area (TPSA) is 56.2 Å². The lowest BCUT2D eigenvalue weighted by Gasteiger charge is -2.11. The summed E-state index contributed by atoms with van der Waals surface area (Å²) in [5.74, 6) is 0.154. The van der Waals surface area contributed by atoms with Crippen molar-refractivity contribution < 1.29 is 22.7 Å². The molecule has 0 bridgehead atoms. The molecular formula is C15H14F3N3O2. The third-order valence-corrected chi connectivity index (χ3v) is 3.61. The van der Waals surface area contributed by atoms with Gasteiger partial charge in [0.15, 0.2) is 5.69 Å². The van der Waals surface area contributed by atoms with Crippen molar-refractivity contribution in [2.45, 2.75) is 18.7 Å². The third kappa shape index (κ3) is 3.15.